The van der Waals surface area contributed by atoms with Crippen molar-refractivity contribution in [2.75, 3.05) is 0 Å². The summed E-state index contributed by atoms with van der Waals surface area (Å²) in [7, 11) is 0. The number of hydrogen-bond acceptors (Lipinski definition) is 1. The van der Waals surface area contributed by atoms with Crippen molar-refractivity contribution in [2.45, 2.75) is 0 Å². The van der Waals surface area contributed by atoms with Crippen molar-refractivity contribution in [1.29, 1.82) is 0 Å². The lowest BCUT2D eigenvalue weighted by atomic mass is 10.0. The maximum atomic E-state index is 13.2. The molecule has 2 aromatic rings. The SMILES string of the molecule is O=C(c1ccc(Cl)cc1)c1cc(F)cc(Br)c1. The van der Waals surface area contributed by atoms with Crippen molar-refractivity contribution >= 4 is 33.3 Å². The minimum atomic E-state index is -0.448. The van der Waals surface area contributed by atoms with Crippen LogP contribution in [0.2, 0.25) is 5.02 Å². The van der Waals surface area contributed by atoms with Crippen LogP contribution in [-0.4, -0.2) is 5.78 Å². The maximum absolute atomic E-state index is 13.2. The molecule has 86 valence electrons. The second-order valence-corrected chi connectivity index (χ2v) is 4.85. The molecule has 1 nitrogen and oxygen atoms in total. The molecule has 2 aromatic carbocycles. The van der Waals surface area contributed by atoms with E-state index in [9.17, 15) is 9.18 Å². The topological polar surface area (TPSA) is 17.1 Å². The molecular formula is C13H7BrClFO. The van der Waals surface area contributed by atoms with Crippen molar-refractivity contribution in [2.24, 2.45) is 0 Å². The van der Waals surface area contributed by atoms with E-state index in [1.54, 1.807) is 30.3 Å². The molecule has 0 aliphatic rings. The molecule has 0 saturated heterocycles. The second kappa shape index (κ2) is 4.98. The van der Waals surface area contributed by atoms with Gasteiger partial charge < -0.3 is 0 Å². The van der Waals surface area contributed by atoms with Crippen LogP contribution < -0.4 is 0 Å². The molecule has 0 heterocycles. The van der Waals surface area contributed by atoms with Crippen molar-refractivity contribution in [3.8, 4) is 0 Å². The molecule has 0 bridgehead atoms. The van der Waals surface area contributed by atoms with Gasteiger partial charge in [-0.2, -0.15) is 0 Å². The zero-order chi connectivity index (χ0) is 12.4. The maximum Gasteiger partial charge on any atom is 0.193 e. The van der Waals surface area contributed by atoms with E-state index in [0.29, 0.717) is 20.6 Å². The molecule has 4 heteroatoms. The van der Waals surface area contributed by atoms with Crippen LogP contribution in [0.15, 0.2) is 46.9 Å². The smallest absolute Gasteiger partial charge is 0.193 e. The van der Waals surface area contributed by atoms with Gasteiger partial charge in [-0.1, -0.05) is 27.5 Å². The Balaban J connectivity index is 2.40. The Kier molecular flexibility index (Phi) is 3.60. The van der Waals surface area contributed by atoms with Crippen LogP contribution in [0, 0.1) is 5.82 Å². The van der Waals surface area contributed by atoms with Gasteiger partial charge in [0.25, 0.3) is 0 Å². The van der Waals surface area contributed by atoms with E-state index in [1.807, 2.05) is 0 Å². The first-order valence-electron chi connectivity index (χ1n) is 4.82. The van der Waals surface area contributed by atoms with Crippen LogP contribution in [-0.2, 0) is 0 Å². The van der Waals surface area contributed by atoms with Crippen LogP contribution in [0.3, 0.4) is 0 Å². The van der Waals surface area contributed by atoms with E-state index in [1.165, 1.54) is 12.1 Å². The number of halogens is 3. The van der Waals surface area contributed by atoms with Gasteiger partial charge in [0, 0.05) is 20.6 Å². The lowest BCUT2D eigenvalue weighted by molar-refractivity contribution is 0.103. The van der Waals surface area contributed by atoms with E-state index in [4.69, 9.17) is 11.6 Å². The van der Waals surface area contributed by atoms with Crippen LogP contribution in [0.25, 0.3) is 0 Å². The molecule has 17 heavy (non-hydrogen) atoms. The van der Waals surface area contributed by atoms with E-state index in [-0.39, 0.29) is 5.78 Å². The summed E-state index contributed by atoms with van der Waals surface area (Å²) in [5.74, 6) is -0.682. The molecule has 0 atom stereocenters. The molecule has 0 saturated carbocycles. The predicted octanol–water partition coefficient (Wildman–Crippen LogP) is 4.47. The predicted molar refractivity (Wildman–Crippen MR) is 69.0 cm³/mol. The monoisotopic (exact) mass is 312 g/mol. The highest BCUT2D eigenvalue weighted by Gasteiger charge is 2.10. The van der Waals surface area contributed by atoms with Gasteiger partial charge >= 0.3 is 0 Å². The van der Waals surface area contributed by atoms with E-state index in [0.717, 1.165) is 0 Å². The zero-order valence-corrected chi connectivity index (χ0v) is 10.9. The Bertz CT molecular complexity index is 546. The van der Waals surface area contributed by atoms with Crippen LogP contribution >= 0.6 is 27.5 Å². The average Bonchev–Trinajstić information content (AvgIpc) is 2.28. The van der Waals surface area contributed by atoms with Gasteiger partial charge in [-0.05, 0) is 42.5 Å². The van der Waals surface area contributed by atoms with Crippen LogP contribution in [0.4, 0.5) is 4.39 Å². The third kappa shape index (κ3) is 2.93. The Morgan fingerprint density at radius 3 is 2.29 bits per heavy atom. The molecule has 0 amide bonds. The molecule has 0 aliphatic heterocycles. The first-order valence-corrected chi connectivity index (χ1v) is 6.00. The molecule has 0 radical (unpaired) electrons. The van der Waals surface area contributed by atoms with Gasteiger partial charge in [0.05, 0.1) is 0 Å². The molecule has 0 unspecified atom stereocenters. The van der Waals surface area contributed by atoms with Crippen molar-refractivity contribution in [3.63, 3.8) is 0 Å². The molecule has 0 spiro atoms. The number of hydrogen-bond donors (Lipinski definition) is 0. The third-order valence-electron chi connectivity index (χ3n) is 2.23. The first-order chi connectivity index (χ1) is 8.06. The van der Waals surface area contributed by atoms with E-state index in [2.05, 4.69) is 15.9 Å². The van der Waals surface area contributed by atoms with Crippen LogP contribution in [0.1, 0.15) is 15.9 Å². The van der Waals surface area contributed by atoms with Crippen molar-refractivity contribution in [3.05, 3.63) is 68.9 Å². The van der Waals surface area contributed by atoms with Gasteiger partial charge in [-0.15, -0.1) is 0 Å². The molecule has 0 fully saturated rings. The van der Waals surface area contributed by atoms with Gasteiger partial charge in [0.15, 0.2) is 5.78 Å². The fraction of sp³-hybridized carbons (Fsp3) is 0. The van der Waals surface area contributed by atoms with Gasteiger partial charge in [-0.3, -0.25) is 4.79 Å². The highest BCUT2D eigenvalue weighted by Crippen LogP contribution is 2.19. The third-order valence-corrected chi connectivity index (χ3v) is 2.94. The number of ketones is 1. The summed E-state index contributed by atoms with van der Waals surface area (Å²) in [5, 5.41) is 0.557. The molecule has 0 aromatic heterocycles. The average molecular weight is 314 g/mol. The summed E-state index contributed by atoms with van der Waals surface area (Å²) in [6, 6.07) is 10.6. The highest BCUT2D eigenvalue weighted by atomic mass is 79.9. The Morgan fingerprint density at radius 1 is 1.06 bits per heavy atom. The quantitative estimate of drug-likeness (QED) is 0.748. The normalized spacial score (nSPS) is 10.3. The summed E-state index contributed by atoms with van der Waals surface area (Å²) in [4.78, 5) is 12.0. The second-order valence-electron chi connectivity index (χ2n) is 3.49. The highest BCUT2D eigenvalue weighted by molar-refractivity contribution is 9.10. The van der Waals surface area contributed by atoms with Crippen molar-refractivity contribution < 1.29 is 9.18 Å². The minimum absolute atomic E-state index is 0.234. The Hall–Kier alpha value is -1.19. The van der Waals surface area contributed by atoms with Gasteiger partial charge in [0.2, 0.25) is 0 Å². The summed E-state index contributed by atoms with van der Waals surface area (Å²) in [6.07, 6.45) is 0. The zero-order valence-electron chi connectivity index (χ0n) is 8.58. The largest absolute Gasteiger partial charge is 0.289 e. The van der Waals surface area contributed by atoms with Crippen molar-refractivity contribution in [1.82, 2.24) is 0 Å². The lowest BCUT2D eigenvalue weighted by Gasteiger charge is -2.02. The fourth-order valence-electron chi connectivity index (χ4n) is 1.45. The summed E-state index contributed by atoms with van der Waals surface area (Å²) in [5.41, 5.74) is 0.783. The summed E-state index contributed by atoms with van der Waals surface area (Å²) < 4.78 is 13.7. The van der Waals surface area contributed by atoms with E-state index < -0.39 is 5.82 Å². The minimum Gasteiger partial charge on any atom is -0.289 e. The number of benzene rings is 2. The van der Waals surface area contributed by atoms with Gasteiger partial charge in [-0.25, -0.2) is 4.39 Å². The fourth-order valence-corrected chi connectivity index (χ4v) is 2.04. The molecule has 2 rings (SSSR count). The molecule has 0 N–H and O–H groups in total. The lowest BCUT2D eigenvalue weighted by Crippen LogP contribution is -2.01. The Morgan fingerprint density at radius 2 is 1.71 bits per heavy atom. The van der Waals surface area contributed by atoms with E-state index >= 15 is 0 Å². The number of rotatable bonds is 2. The molecular weight excluding hydrogens is 306 g/mol. The molecule has 0 aliphatic carbocycles. The first kappa shape index (κ1) is 12.3. The standard InChI is InChI=1S/C13H7BrClFO/c14-10-5-9(6-12(16)7-10)13(17)8-1-3-11(15)4-2-8/h1-7H. The van der Waals surface area contributed by atoms with Gasteiger partial charge in [0.1, 0.15) is 5.82 Å². The number of carbonyl (C=O) groups excluding carboxylic acids is 1. The summed E-state index contributed by atoms with van der Waals surface area (Å²) in [6.45, 7) is 0. The number of carbonyl (C=O) groups is 1. The Labute approximate surface area is 111 Å². The summed E-state index contributed by atoms with van der Waals surface area (Å²) >= 11 is 8.89. The van der Waals surface area contributed by atoms with Crippen LogP contribution in [0.5, 0.6) is 0 Å².